The standard InChI is InChI=1S/C13H14BrN3O2/c1-8-2-3-9(10(14)6-8)12-16-13(19-17-12)11-7-15-4-5-18-11/h2-3,6,11,15H,4-5,7H2,1H3. The van der Waals surface area contributed by atoms with Crippen molar-refractivity contribution in [2.45, 2.75) is 13.0 Å². The molecule has 1 N–H and O–H groups in total. The first kappa shape index (κ1) is 12.8. The normalized spacial score (nSPS) is 19.6. The highest BCUT2D eigenvalue weighted by molar-refractivity contribution is 9.10. The van der Waals surface area contributed by atoms with Gasteiger partial charge in [-0.1, -0.05) is 27.2 Å². The summed E-state index contributed by atoms with van der Waals surface area (Å²) < 4.78 is 11.8. The van der Waals surface area contributed by atoms with Gasteiger partial charge in [0.1, 0.15) is 6.10 Å². The Morgan fingerprint density at radius 2 is 2.32 bits per heavy atom. The van der Waals surface area contributed by atoms with Crippen molar-refractivity contribution in [3.63, 3.8) is 0 Å². The van der Waals surface area contributed by atoms with Crippen LogP contribution in [-0.2, 0) is 4.74 Å². The van der Waals surface area contributed by atoms with Crippen LogP contribution in [0.3, 0.4) is 0 Å². The van der Waals surface area contributed by atoms with Crippen LogP contribution in [-0.4, -0.2) is 29.8 Å². The highest BCUT2D eigenvalue weighted by Crippen LogP contribution is 2.28. The van der Waals surface area contributed by atoms with Gasteiger partial charge in [0.05, 0.1) is 6.61 Å². The van der Waals surface area contributed by atoms with E-state index in [0.29, 0.717) is 24.9 Å². The zero-order valence-electron chi connectivity index (χ0n) is 10.5. The van der Waals surface area contributed by atoms with Gasteiger partial charge in [0.2, 0.25) is 5.82 Å². The van der Waals surface area contributed by atoms with Crippen LogP contribution in [0.15, 0.2) is 27.2 Å². The third kappa shape index (κ3) is 2.70. The SMILES string of the molecule is Cc1ccc(-c2noc(C3CNCCO3)n2)c(Br)c1. The van der Waals surface area contributed by atoms with Crippen molar-refractivity contribution in [2.24, 2.45) is 0 Å². The molecule has 0 saturated carbocycles. The van der Waals surface area contributed by atoms with E-state index in [1.807, 2.05) is 25.1 Å². The molecule has 100 valence electrons. The van der Waals surface area contributed by atoms with E-state index >= 15 is 0 Å². The number of halogens is 1. The number of hydrogen-bond acceptors (Lipinski definition) is 5. The van der Waals surface area contributed by atoms with Crippen LogP contribution in [0.5, 0.6) is 0 Å². The number of nitrogens with one attached hydrogen (secondary N) is 1. The van der Waals surface area contributed by atoms with Gasteiger partial charge in [0.15, 0.2) is 0 Å². The van der Waals surface area contributed by atoms with Crippen LogP contribution in [0.2, 0.25) is 0 Å². The molecular formula is C13H14BrN3O2. The van der Waals surface area contributed by atoms with Gasteiger partial charge < -0.3 is 14.6 Å². The van der Waals surface area contributed by atoms with E-state index in [-0.39, 0.29) is 6.10 Å². The monoisotopic (exact) mass is 323 g/mol. The van der Waals surface area contributed by atoms with Gasteiger partial charge >= 0.3 is 0 Å². The minimum atomic E-state index is -0.153. The number of morpholine rings is 1. The van der Waals surface area contributed by atoms with E-state index in [9.17, 15) is 0 Å². The predicted octanol–water partition coefficient (Wildman–Crippen LogP) is 2.47. The summed E-state index contributed by atoms with van der Waals surface area (Å²) in [6.07, 6.45) is -0.153. The first-order valence-corrected chi connectivity index (χ1v) is 6.96. The van der Waals surface area contributed by atoms with Crippen molar-refractivity contribution >= 4 is 15.9 Å². The fourth-order valence-corrected chi connectivity index (χ4v) is 2.67. The largest absolute Gasteiger partial charge is 0.366 e. The summed E-state index contributed by atoms with van der Waals surface area (Å²) in [5.74, 6) is 1.10. The van der Waals surface area contributed by atoms with Gasteiger partial charge in [-0.2, -0.15) is 4.98 Å². The lowest BCUT2D eigenvalue weighted by molar-refractivity contribution is 0.00755. The first-order valence-electron chi connectivity index (χ1n) is 6.16. The van der Waals surface area contributed by atoms with Crippen LogP contribution < -0.4 is 5.32 Å². The fourth-order valence-electron chi connectivity index (χ4n) is 2.00. The third-order valence-corrected chi connectivity index (χ3v) is 3.67. The molecule has 0 aliphatic carbocycles. The second kappa shape index (κ2) is 5.40. The van der Waals surface area contributed by atoms with Gasteiger partial charge in [-0.15, -0.1) is 0 Å². The van der Waals surface area contributed by atoms with Gasteiger partial charge in [-0.3, -0.25) is 0 Å². The van der Waals surface area contributed by atoms with Crippen molar-refractivity contribution in [1.82, 2.24) is 15.5 Å². The lowest BCUT2D eigenvalue weighted by Gasteiger charge is -2.19. The molecule has 0 spiro atoms. The van der Waals surface area contributed by atoms with Crippen molar-refractivity contribution in [3.05, 3.63) is 34.1 Å². The molecule has 1 aliphatic rings. The number of hydrogen-bond donors (Lipinski definition) is 1. The van der Waals surface area contributed by atoms with Crippen molar-refractivity contribution in [2.75, 3.05) is 19.7 Å². The lowest BCUT2D eigenvalue weighted by Crippen LogP contribution is -2.33. The van der Waals surface area contributed by atoms with E-state index in [1.165, 1.54) is 5.56 Å². The van der Waals surface area contributed by atoms with E-state index in [4.69, 9.17) is 9.26 Å². The molecule has 1 aromatic carbocycles. The second-order valence-electron chi connectivity index (χ2n) is 4.50. The van der Waals surface area contributed by atoms with Crippen molar-refractivity contribution < 1.29 is 9.26 Å². The Labute approximate surface area is 119 Å². The van der Waals surface area contributed by atoms with Crippen LogP contribution in [0.25, 0.3) is 11.4 Å². The second-order valence-corrected chi connectivity index (χ2v) is 5.36. The van der Waals surface area contributed by atoms with Gasteiger partial charge in [0, 0.05) is 23.1 Å². The number of rotatable bonds is 2. The summed E-state index contributed by atoms with van der Waals surface area (Å²) in [5.41, 5.74) is 2.10. The average Bonchev–Trinajstić information content (AvgIpc) is 2.89. The smallest absolute Gasteiger partial charge is 0.257 e. The molecule has 1 fully saturated rings. The molecule has 6 heteroatoms. The Bertz CT molecular complexity index is 579. The van der Waals surface area contributed by atoms with E-state index in [1.54, 1.807) is 0 Å². The fraction of sp³-hybridized carbons (Fsp3) is 0.385. The Kier molecular flexibility index (Phi) is 3.63. The van der Waals surface area contributed by atoms with Crippen molar-refractivity contribution in [1.29, 1.82) is 0 Å². The molecule has 0 bridgehead atoms. The third-order valence-electron chi connectivity index (χ3n) is 3.01. The number of nitrogens with zero attached hydrogens (tertiary/aromatic N) is 2. The first-order chi connectivity index (χ1) is 9.24. The Balaban J connectivity index is 1.87. The van der Waals surface area contributed by atoms with E-state index in [2.05, 4.69) is 31.4 Å². The van der Waals surface area contributed by atoms with Gasteiger partial charge in [-0.05, 0) is 24.6 Å². The molecule has 1 saturated heterocycles. The van der Waals surface area contributed by atoms with Gasteiger partial charge in [-0.25, -0.2) is 0 Å². The molecule has 0 amide bonds. The van der Waals surface area contributed by atoms with Crippen LogP contribution >= 0.6 is 15.9 Å². The molecule has 3 rings (SSSR count). The number of benzene rings is 1. The highest BCUT2D eigenvalue weighted by Gasteiger charge is 2.23. The minimum absolute atomic E-state index is 0.153. The van der Waals surface area contributed by atoms with Crippen LogP contribution in [0, 0.1) is 6.92 Å². The summed E-state index contributed by atoms with van der Waals surface area (Å²) in [5, 5.41) is 7.27. The topological polar surface area (TPSA) is 60.2 Å². The average molecular weight is 324 g/mol. The predicted molar refractivity (Wildman–Crippen MR) is 73.7 cm³/mol. The summed E-state index contributed by atoms with van der Waals surface area (Å²) in [6.45, 7) is 4.27. The molecule has 2 aromatic rings. The molecule has 1 unspecified atom stereocenters. The van der Waals surface area contributed by atoms with E-state index in [0.717, 1.165) is 16.6 Å². The zero-order valence-corrected chi connectivity index (χ0v) is 12.1. The van der Waals surface area contributed by atoms with E-state index < -0.39 is 0 Å². The Hall–Kier alpha value is -1.24. The molecule has 19 heavy (non-hydrogen) atoms. The maximum absolute atomic E-state index is 5.59. The van der Waals surface area contributed by atoms with Crippen LogP contribution in [0.4, 0.5) is 0 Å². The Morgan fingerprint density at radius 1 is 1.42 bits per heavy atom. The summed E-state index contributed by atoms with van der Waals surface area (Å²) in [6, 6.07) is 6.03. The maximum atomic E-state index is 5.59. The Morgan fingerprint density at radius 3 is 3.05 bits per heavy atom. The molecule has 1 aromatic heterocycles. The number of aryl methyl sites for hydroxylation is 1. The zero-order chi connectivity index (χ0) is 13.2. The molecular weight excluding hydrogens is 310 g/mol. The van der Waals surface area contributed by atoms with Crippen LogP contribution in [0.1, 0.15) is 17.6 Å². The lowest BCUT2D eigenvalue weighted by atomic mass is 10.1. The summed E-state index contributed by atoms with van der Waals surface area (Å²) >= 11 is 3.52. The van der Waals surface area contributed by atoms with Crippen molar-refractivity contribution in [3.8, 4) is 11.4 Å². The maximum Gasteiger partial charge on any atom is 0.257 e. The molecule has 1 aliphatic heterocycles. The minimum Gasteiger partial charge on any atom is -0.366 e. The summed E-state index contributed by atoms with van der Waals surface area (Å²) in [7, 11) is 0. The number of aromatic nitrogens is 2. The summed E-state index contributed by atoms with van der Waals surface area (Å²) in [4.78, 5) is 4.42. The molecule has 0 radical (unpaired) electrons. The molecule has 1 atom stereocenters. The molecule has 5 nitrogen and oxygen atoms in total. The molecule has 2 heterocycles. The quantitative estimate of drug-likeness (QED) is 0.920. The number of ether oxygens (including phenoxy) is 1. The van der Waals surface area contributed by atoms with Gasteiger partial charge in [0.25, 0.3) is 5.89 Å². The highest BCUT2D eigenvalue weighted by atomic mass is 79.9.